The summed E-state index contributed by atoms with van der Waals surface area (Å²) < 4.78 is 48.4. The number of amides is 1. The highest BCUT2D eigenvalue weighted by molar-refractivity contribution is 6.31. The molecule has 2 aliphatic heterocycles. The molecule has 2 aliphatic rings. The number of alkyl halides is 3. The number of hydrogen-bond donors (Lipinski definition) is 0. The van der Waals surface area contributed by atoms with Crippen LogP contribution in [0.25, 0.3) is 16.5 Å². The number of piperidine rings is 1. The van der Waals surface area contributed by atoms with E-state index < -0.39 is 11.9 Å². The Morgan fingerprint density at radius 2 is 1.85 bits per heavy atom. The maximum absolute atomic E-state index is 14.1. The molecule has 2 saturated heterocycles. The smallest absolute Gasteiger partial charge is 0.370 e. The second kappa shape index (κ2) is 11.2. The summed E-state index contributed by atoms with van der Waals surface area (Å²) in [5.41, 5.74) is -0.904. The highest BCUT2D eigenvalue weighted by Gasteiger charge is 2.39. The van der Waals surface area contributed by atoms with Crippen molar-refractivity contribution in [1.29, 1.82) is 0 Å². The molecule has 5 rings (SSSR count). The zero-order chi connectivity index (χ0) is 27.7. The number of hydrazine groups is 1. The summed E-state index contributed by atoms with van der Waals surface area (Å²) >= 11 is 6.05. The number of fused-ring (bicyclic) bond motifs is 1. The van der Waals surface area contributed by atoms with Gasteiger partial charge >= 0.3 is 6.18 Å². The third-order valence-electron chi connectivity index (χ3n) is 7.51. The molecular formula is C27H29ClF3N5O3. The van der Waals surface area contributed by atoms with Crippen molar-refractivity contribution in [3.8, 4) is 5.69 Å². The van der Waals surface area contributed by atoms with Gasteiger partial charge in [0.2, 0.25) is 0 Å². The lowest BCUT2D eigenvalue weighted by Gasteiger charge is -2.43. The van der Waals surface area contributed by atoms with Crippen molar-refractivity contribution in [3.63, 3.8) is 0 Å². The average Bonchev–Trinajstić information content (AvgIpc) is 3.31. The zero-order valence-corrected chi connectivity index (χ0v) is 22.2. The Balaban J connectivity index is 1.33. The fraction of sp³-hybridized carbons (Fsp3) is 0.444. The number of halogens is 4. The number of morpholine rings is 1. The van der Waals surface area contributed by atoms with E-state index in [9.17, 15) is 22.8 Å². The first-order chi connectivity index (χ1) is 18.7. The van der Waals surface area contributed by atoms with Crippen LogP contribution >= 0.6 is 11.6 Å². The third kappa shape index (κ3) is 5.81. The van der Waals surface area contributed by atoms with Crippen molar-refractivity contribution >= 4 is 34.6 Å². The first-order valence-electron chi connectivity index (χ1n) is 12.8. The van der Waals surface area contributed by atoms with Gasteiger partial charge in [-0.15, -0.1) is 0 Å². The van der Waals surface area contributed by atoms with Crippen LogP contribution in [0, 0.1) is 0 Å². The number of benzene rings is 2. The summed E-state index contributed by atoms with van der Waals surface area (Å²) in [5.74, 6) is -0.0543. The van der Waals surface area contributed by atoms with Crippen LogP contribution in [0.15, 0.2) is 36.4 Å². The van der Waals surface area contributed by atoms with Crippen LogP contribution in [-0.2, 0) is 22.1 Å². The van der Waals surface area contributed by atoms with E-state index in [2.05, 4.69) is 5.10 Å². The van der Waals surface area contributed by atoms with E-state index in [4.69, 9.17) is 16.3 Å². The molecule has 12 heteroatoms. The minimum absolute atomic E-state index is 0.0186. The van der Waals surface area contributed by atoms with Gasteiger partial charge in [0.15, 0.2) is 12.0 Å². The minimum atomic E-state index is -4.71. The fourth-order valence-electron chi connectivity index (χ4n) is 5.41. The summed E-state index contributed by atoms with van der Waals surface area (Å²) in [5, 5.41) is 9.78. The Kier molecular flexibility index (Phi) is 7.95. The predicted octanol–water partition coefficient (Wildman–Crippen LogP) is 4.22. The number of carbonyl (C=O) groups excluding carboxylic acids is 2. The molecule has 1 aromatic heterocycles. The Hall–Kier alpha value is -2.99. The molecule has 0 bridgehead atoms. The first kappa shape index (κ1) is 27.6. The summed E-state index contributed by atoms with van der Waals surface area (Å²) in [7, 11) is 1.88. The van der Waals surface area contributed by atoms with Crippen LogP contribution in [0.1, 0.15) is 34.6 Å². The zero-order valence-electron chi connectivity index (χ0n) is 21.5. The number of aldehydes is 1. The monoisotopic (exact) mass is 563 g/mol. The van der Waals surface area contributed by atoms with Gasteiger partial charge in [-0.05, 0) is 61.3 Å². The van der Waals surface area contributed by atoms with Gasteiger partial charge in [-0.2, -0.15) is 18.3 Å². The van der Waals surface area contributed by atoms with Crippen LogP contribution in [0.4, 0.5) is 13.2 Å². The molecule has 3 heterocycles. The van der Waals surface area contributed by atoms with Gasteiger partial charge in [0.05, 0.1) is 18.8 Å². The fourth-order valence-corrected chi connectivity index (χ4v) is 5.59. The average molecular weight is 564 g/mol. The summed E-state index contributed by atoms with van der Waals surface area (Å²) in [4.78, 5) is 26.3. The molecule has 0 saturated carbocycles. The van der Waals surface area contributed by atoms with E-state index in [1.807, 2.05) is 17.0 Å². The Bertz CT molecular complexity index is 1370. The van der Waals surface area contributed by atoms with Crippen LogP contribution in [-0.4, -0.2) is 89.4 Å². The van der Waals surface area contributed by atoms with Crippen LogP contribution in [0.2, 0.25) is 5.02 Å². The number of likely N-dealkylation sites (N-methyl/N-ethyl adjacent to an activating group) is 1. The molecule has 208 valence electrons. The summed E-state index contributed by atoms with van der Waals surface area (Å²) in [6.45, 7) is 2.81. The molecule has 2 aromatic carbocycles. The van der Waals surface area contributed by atoms with Crippen molar-refractivity contribution < 1.29 is 27.5 Å². The van der Waals surface area contributed by atoms with E-state index in [0.717, 1.165) is 28.3 Å². The number of ether oxygens (including phenoxy) is 1. The SMILES string of the molecule is CN(CCc1c(C(F)(F)F)nn(-c2ccc3cc(Cl)ccc3c2)c1C=O)C1CCN(N2CCOCC2=O)CC1. The lowest BCUT2D eigenvalue weighted by atomic mass is 10.0. The summed E-state index contributed by atoms with van der Waals surface area (Å²) in [6.07, 6.45) is -2.70. The van der Waals surface area contributed by atoms with E-state index in [0.29, 0.717) is 49.8 Å². The van der Waals surface area contributed by atoms with Gasteiger partial charge in [0.1, 0.15) is 12.3 Å². The lowest BCUT2D eigenvalue weighted by Crippen LogP contribution is -2.56. The molecule has 3 aromatic rings. The molecule has 0 aliphatic carbocycles. The van der Waals surface area contributed by atoms with E-state index >= 15 is 0 Å². The van der Waals surface area contributed by atoms with Gasteiger partial charge in [-0.25, -0.2) is 9.69 Å². The molecule has 0 N–H and O–H groups in total. The molecule has 1 amide bonds. The van der Waals surface area contributed by atoms with Gasteiger partial charge in [0, 0.05) is 36.3 Å². The first-order valence-corrected chi connectivity index (χ1v) is 13.2. The van der Waals surface area contributed by atoms with E-state index in [1.54, 1.807) is 41.4 Å². The Morgan fingerprint density at radius 3 is 2.54 bits per heavy atom. The topological polar surface area (TPSA) is 70.9 Å². The van der Waals surface area contributed by atoms with Gasteiger partial charge in [0.25, 0.3) is 5.91 Å². The van der Waals surface area contributed by atoms with Crippen molar-refractivity contribution in [2.45, 2.75) is 31.5 Å². The van der Waals surface area contributed by atoms with E-state index in [-0.39, 0.29) is 36.2 Å². The molecule has 0 spiro atoms. The van der Waals surface area contributed by atoms with Gasteiger partial charge in [-0.3, -0.25) is 14.6 Å². The number of rotatable bonds is 7. The van der Waals surface area contributed by atoms with Crippen LogP contribution < -0.4 is 0 Å². The molecule has 8 nitrogen and oxygen atoms in total. The van der Waals surface area contributed by atoms with Crippen LogP contribution in [0.5, 0.6) is 0 Å². The number of nitrogens with zero attached hydrogens (tertiary/aromatic N) is 5. The Labute approximate surface area is 228 Å². The maximum atomic E-state index is 14.1. The largest absolute Gasteiger partial charge is 0.435 e. The second-order valence-electron chi connectivity index (χ2n) is 9.90. The standard InChI is InChI=1S/C27H29ClF3N5O3/c1-33(21-6-10-34(11-7-21)35-12-13-39-17-25(35)38)9-8-23-24(16-37)36(32-26(23)27(29,30)31)22-5-3-18-14-20(28)4-2-19(18)15-22/h2-5,14-16,21H,6-13,17H2,1H3. The van der Waals surface area contributed by atoms with Gasteiger partial charge < -0.3 is 9.64 Å². The van der Waals surface area contributed by atoms with Crippen molar-refractivity contribution in [1.82, 2.24) is 24.7 Å². The highest BCUT2D eigenvalue weighted by atomic mass is 35.5. The lowest BCUT2D eigenvalue weighted by molar-refractivity contribution is -0.168. The number of aromatic nitrogens is 2. The van der Waals surface area contributed by atoms with Crippen molar-refractivity contribution in [3.05, 3.63) is 58.4 Å². The molecule has 2 fully saturated rings. The summed E-state index contributed by atoms with van der Waals surface area (Å²) in [6, 6.07) is 10.4. The Morgan fingerprint density at radius 1 is 1.13 bits per heavy atom. The second-order valence-corrected chi connectivity index (χ2v) is 10.3. The normalized spacial score (nSPS) is 17.9. The molecule has 0 unspecified atom stereocenters. The van der Waals surface area contributed by atoms with E-state index in [1.165, 1.54) is 0 Å². The number of carbonyl (C=O) groups is 2. The third-order valence-corrected chi connectivity index (χ3v) is 7.75. The van der Waals surface area contributed by atoms with Crippen molar-refractivity contribution in [2.75, 3.05) is 46.4 Å². The van der Waals surface area contributed by atoms with Crippen LogP contribution in [0.3, 0.4) is 0 Å². The molecular weight excluding hydrogens is 535 g/mol. The highest BCUT2D eigenvalue weighted by Crippen LogP contribution is 2.34. The van der Waals surface area contributed by atoms with Crippen molar-refractivity contribution in [2.24, 2.45) is 0 Å². The molecule has 0 radical (unpaired) electrons. The molecule has 39 heavy (non-hydrogen) atoms. The minimum Gasteiger partial charge on any atom is -0.370 e. The molecule has 0 atom stereocenters. The predicted molar refractivity (Wildman–Crippen MR) is 140 cm³/mol. The van der Waals surface area contributed by atoms with Gasteiger partial charge in [-0.1, -0.05) is 23.7 Å². The number of hydrogen-bond acceptors (Lipinski definition) is 6. The maximum Gasteiger partial charge on any atom is 0.435 e. The quantitative estimate of drug-likeness (QED) is 0.401.